The van der Waals surface area contributed by atoms with Gasteiger partial charge in [-0.1, -0.05) is 92.5 Å². The van der Waals surface area contributed by atoms with Gasteiger partial charge in [-0.15, -0.1) is 0 Å². The van der Waals surface area contributed by atoms with Gasteiger partial charge < -0.3 is 9.80 Å². The van der Waals surface area contributed by atoms with E-state index in [1.807, 2.05) is 0 Å². The van der Waals surface area contributed by atoms with Crippen LogP contribution in [-0.2, 0) is 0 Å². The van der Waals surface area contributed by atoms with E-state index in [0.29, 0.717) is 47.6 Å². The first-order chi connectivity index (χ1) is 18.0. The molecule has 0 saturated carbocycles. The van der Waals surface area contributed by atoms with E-state index in [0.717, 1.165) is 18.6 Å². The molecule has 222 valence electrons. The van der Waals surface area contributed by atoms with E-state index in [1.54, 1.807) is 0 Å². The fourth-order valence-electron chi connectivity index (χ4n) is 7.38. The van der Waals surface area contributed by atoms with Crippen molar-refractivity contribution < 1.29 is 0 Å². The Balaban J connectivity index is 3.14. The van der Waals surface area contributed by atoms with E-state index < -0.39 is 0 Å². The van der Waals surface area contributed by atoms with Crippen molar-refractivity contribution in [2.75, 3.05) is 19.3 Å². The van der Waals surface area contributed by atoms with Gasteiger partial charge in [0.25, 0.3) is 0 Å². The molecular formula is C35H66N2S. The largest absolute Gasteiger partial charge is 0.375 e. The molecule has 1 aliphatic heterocycles. The molecule has 0 bridgehead atoms. The molecule has 0 aromatic rings. The Labute approximate surface area is 245 Å². The van der Waals surface area contributed by atoms with E-state index in [-0.39, 0.29) is 0 Å². The molecule has 0 aromatic heterocycles. The Morgan fingerprint density at radius 2 is 1.66 bits per heavy atom. The summed E-state index contributed by atoms with van der Waals surface area (Å²) in [6.45, 7) is 31.7. The van der Waals surface area contributed by atoms with Crippen molar-refractivity contribution in [3.8, 4) is 0 Å². The molecule has 1 rings (SSSR count). The molecule has 1 aliphatic rings. The lowest BCUT2D eigenvalue weighted by Gasteiger charge is -2.44. The van der Waals surface area contributed by atoms with Gasteiger partial charge in [0.05, 0.1) is 0 Å². The van der Waals surface area contributed by atoms with Crippen molar-refractivity contribution in [3.63, 3.8) is 0 Å². The predicted octanol–water partition coefficient (Wildman–Crippen LogP) is 10.2. The SMILES string of the molecule is C=C(CC(C)C)N(C)C(C(C)CC)C(CC)CC(=C)N1CCCC1C(CC)C(C)C(CCS)C/C(C)=C/C. The van der Waals surface area contributed by atoms with Crippen LogP contribution in [0.25, 0.3) is 0 Å². The summed E-state index contributed by atoms with van der Waals surface area (Å²) in [5, 5.41) is 0. The number of allylic oxidation sites excluding steroid dienone is 4. The van der Waals surface area contributed by atoms with Crippen molar-refractivity contribution in [3.05, 3.63) is 36.2 Å². The molecular weight excluding hydrogens is 480 g/mol. The highest BCUT2D eigenvalue weighted by Crippen LogP contribution is 2.41. The zero-order chi connectivity index (χ0) is 29.0. The van der Waals surface area contributed by atoms with Crippen molar-refractivity contribution in [2.45, 2.75) is 132 Å². The van der Waals surface area contributed by atoms with Crippen LogP contribution in [0, 0.1) is 35.5 Å². The summed E-state index contributed by atoms with van der Waals surface area (Å²) in [6, 6.07) is 1.14. The molecule has 1 fully saturated rings. The summed E-state index contributed by atoms with van der Waals surface area (Å²) >= 11 is 4.65. The summed E-state index contributed by atoms with van der Waals surface area (Å²) in [5.41, 5.74) is 4.20. The molecule has 0 N–H and O–H groups in total. The van der Waals surface area contributed by atoms with Crippen molar-refractivity contribution in [2.24, 2.45) is 35.5 Å². The van der Waals surface area contributed by atoms with Crippen LogP contribution < -0.4 is 0 Å². The van der Waals surface area contributed by atoms with Crippen molar-refractivity contribution >= 4 is 12.6 Å². The average Bonchev–Trinajstić information content (AvgIpc) is 3.37. The minimum absolute atomic E-state index is 0.513. The second kappa shape index (κ2) is 17.8. The van der Waals surface area contributed by atoms with Crippen LogP contribution in [0.2, 0.25) is 0 Å². The minimum atomic E-state index is 0.513. The van der Waals surface area contributed by atoms with Gasteiger partial charge in [-0.2, -0.15) is 12.6 Å². The highest BCUT2D eigenvalue weighted by molar-refractivity contribution is 7.80. The summed E-state index contributed by atoms with van der Waals surface area (Å²) in [5.74, 6) is 4.97. The third kappa shape index (κ3) is 9.97. The van der Waals surface area contributed by atoms with Gasteiger partial charge in [-0.25, -0.2) is 0 Å². The first-order valence-electron chi connectivity index (χ1n) is 16.0. The Morgan fingerprint density at radius 3 is 2.16 bits per heavy atom. The lowest BCUT2D eigenvalue weighted by molar-refractivity contribution is 0.114. The van der Waals surface area contributed by atoms with Crippen LogP contribution in [0.3, 0.4) is 0 Å². The van der Waals surface area contributed by atoms with Crippen molar-refractivity contribution in [1.82, 2.24) is 9.80 Å². The van der Waals surface area contributed by atoms with E-state index >= 15 is 0 Å². The van der Waals surface area contributed by atoms with Crippen LogP contribution in [0.15, 0.2) is 36.2 Å². The van der Waals surface area contributed by atoms with Gasteiger partial charge in [-0.05, 0) is 93.6 Å². The lowest BCUT2D eigenvalue weighted by Crippen LogP contribution is -2.44. The maximum absolute atomic E-state index is 4.78. The van der Waals surface area contributed by atoms with E-state index in [1.165, 1.54) is 68.5 Å². The Bertz CT molecular complexity index is 725. The zero-order valence-corrected chi connectivity index (χ0v) is 28.1. The number of likely N-dealkylation sites (tertiary alicyclic amines) is 1. The third-order valence-electron chi connectivity index (χ3n) is 9.99. The lowest BCUT2D eigenvalue weighted by atomic mass is 9.73. The van der Waals surface area contributed by atoms with E-state index in [9.17, 15) is 0 Å². The molecule has 38 heavy (non-hydrogen) atoms. The molecule has 3 heteroatoms. The van der Waals surface area contributed by atoms with E-state index in [4.69, 9.17) is 6.58 Å². The Kier molecular flexibility index (Phi) is 16.5. The Hall–Kier alpha value is -0.830. The molecule has 1 saturated heterocycles. The number of nitrogens with zero attached hydrogens (tertiary/aromatic N) is 2. The van der Waals surface area contributed by atoms with Crippen LogP contribution >= 0.6 is 12.6 Å². The zero-order valence-electron chi connectivity index (χ0n) is 27.2. The topological polar surface area (TPSA) is 6.48 Å². The number of hydrogen-bond donors (Lipinski definition) is 1. The number of hydrogen-bond acceptors (Lipinski definition) is 3. The monoisotopic (exact) mass is 546 g/mol. The summed E-state index contributed by atoms with van der Waals surface area (Å²) < 4.78 is 0. The predicted molar refractivity (Wildman–Crippen MR) is 176 cm³/mol. The molecule has 1 heterocycles. The second-order valence-corrected chi connectivity index (χ2v) is 13.5. The van der Waals surface area contributed by atoms with Gasteiger partial charge in [0, 0.05) is 37.1 Å². The van der Waals surface area contributed by atoms with Crippen LogP contribution in [0.5, 0.6) is 0 Å². The van der Waals surface area contributed by atoms with Gasteiger partial charge in [0.2, 0.25) is 0 Å². The summed E-state index contributed by atoms with van der Waals surface area (Å²) in [7, 11) is 2.30. The van der Waals surface area contributed by atoms with Crippen LogP contribution in [0.4, 0.5) is 0 Å². The maximum atomic E-state index is 4.78. The van der Waals surface area contributed by atoms with Gasteiger partial charge in [0.15, 0.2) is 0 Å². The van der Waals surface area contributed by atoms with Gasteiger partial charge in [0.1, 0.15) is 0 Å². The second-order valence-electron chi connectivity index (χ2n) is 13.0. The molecule has 0 radical (unpaired) electrons. The van der Waals surface area contributed by atoms with Crippen LogP contribution in [-0.4, -0.2) is 41.2 Å². The normalized spacial score (nSPS) is 21.2. The van der Waals surface area contributed by atoms with Gasteiger partial charge >= 0.3 is 0 Å². The van der Waals surface area contributed by atoms with E-state index in [2.05, 4.69) is 104 Å². The summed E-state index contributed by atoms with van der Waals surface area (Å²) in [6.07, 6.45) is 13.1. The highest BCUT2D eigenvalue weighted by Gasteiger charge is 2.38. The molecule has 0 aromatic carbocycles. The fraction of sp³-hybridized carbons (Fsp3) is 0.829. The first-order valence-corrected chi connectivity index (χ1v) is 16.7. The number of thiol groups is 1. The Morgan fingerprint density at radius 1 is 1.00 bits per heavy atom. The molecule has 7 atom stereocenters. The maximum Gasteiger partial charge on any atom is 0.0340 e. The standard InChI is InChI=1S/C35H66N2S/c1-13-26(7)23-32(19-21-38)30(11)33(16-4)34-18-17-20-37(34)29(10)24-31(15-3)35(27(8)14-2)36(12)28(9)22-25(5)6/h13,25,27,30-35,38H,9-10,14-24H2,1-8,11-12H3/b26-13+. The summed E-state index contributed by atoms with van der Waals surface area (Å²) in [4.78, 5) is 5.30. The minimum Gasteiger partial charge on any atom is -0.375 e. The number of rotatable bonds is 19. The third-order valence-corrected chi connectivity index (χ3v) is 10.2. The quantitative estimate of drug-likeness (QED) is 0.127. The fourth-order valence-corrected chi connectivity index (χ4v) is 7.71. The molecule has 2 nitrogen and oxygen atoms in total. The van der Waals surface area contributed by atoms with Crippen LogP contribution in [0.1, 0.15) is 120 Å². The van der Waals surface area contributed by atoms with Gasteiger partial charge in [-0.3, -0.25) is 0 Å². The first kappa shape index (κ1) is 35.2. The van der Waals surface area contributed by atoms with Crippen molar-refractivity contribution in [1.29, 1.82) is 0 Å². The highest BCUT2D eigenvalue weighted by atomic mass is 32.1. The molecule has 0 spiro atoms. The molecule has 0 amide bonds. The smallest absolute Gasteiger partial charge is 0.0340 e. The average molecular weight is 547 g/mol. The molecule has 7 unspecified atom stereocenters. The molecule has 0 aliphatic carbocycles.